The molecule has 2 aromatic heterocycles. The molecule has 13 heavy (non-hydrogen) atoms. The van der Waals surface area contributed by atoms with E-state index in [2.05, 4.69) is 18.8 Å². The number of nitrogens with zero attached hydrogens (tertiary/aromatic N) is 1. The fourth-order valence-corrected chi connectivity index (χ4v) is 1.57. The van der Waals surface area contributed by atoms with E-state index in [4.69, 9.17) is 4.42 Å². The third-order valence-corrected chi connectivity index (χ3v) is 2.32. The molecule has 0 spiro atoms. The Labute approximate surface area is 77.6 Å². The van der Waals surface area contributed by atoms with E-state index in [0.717, 1.165) is 11.3 Å². The summed E-state index contributed by atoms with van der Waals surface area (Å²) in [6.45, 7) is 6.30. The minimum Gasteiger partial charge on any atom is -0.462 e. The fraction of sp³-hybridized carbons (Fsp3) is 0.364. The lowest BCUT2D eigenvalue weighted by molar-refractivity contribution is 0.610. The Bertz CT molecular complexity index is 429. The van der Waals surface area contributed by atoms with Crippen LogP contribution in [0.3, 0.4) is 0 Å². The maximum absolute atomic E-state index is 5.38. The predicted octanol–water partition coefficient (Wildman–Crippen LogP) is 3.26. The van der Waals surface area contributed by atoms with Gasteiger partial charge in [0.2, 0.25) is 0 Å². The van der Waals surface area contributed by atoms with Crippen molar-refractivity contribution in [1.82, 2.24) is 4.98 Å². The SMILES string of the molecule is Cc1ncc(C(C)C)c2ccoc12. The van der Waals surface area contributed by atoms with Crippen LogP contribution in [0.2, 0.25) is 0 Å². The summed E-state index contributed by atoms with van der Waals surface area (Å²) in [5, 5.41) is 1.20. The number of aromatic nitrogens is 1. The quantitative estimate of drug-likeness (QED) is 0.664. The lowest BCUT2D eigenvalue weighted by Crippen LogP contribution is -1.91. The van der Waals surface area contributed by atoms with Crippen molar-refractivity contribution in [2.24, 2.45) is 0 Å². The molecular formula is C11H13NO. The van der Waals surface area contributed by atoms with E-state index < -0.39 is 0 Å². The zero-order chi connectivity index (χ0) is 9.42. The largest absolute Gasteiger partial charge is 0.462 e. The van der Waals surface area contributed by atoms with Crippen LogP contribution in [0, 0.1) is 6.92 Å². The molecule has 2 heteroatoms. The molecule has 2 rings (SSSR count). The Morgan fingerprint density at radius 2 is 2.15 bits per heavy atom. The highest BCUT2D eigenvalue weighted by Crippen LogP contribution is 2.26. The van der Waals surface area contributed by atoms with Crippen LogP contribution in [-0.4, -0.2) is 4.98 Å². The standard InChI is InChI=1S/C11H13NO/c1-7(2)10-6-12-8(3)11-9(10)4-5-13-11/h4-7H,1-3H3. The maximum Gasteiger partial charge on any atom is 0.155 e. The summed E-state index contributed by atoms with van der Waals surface area (Å²) in [5.41, 5.74) is 3.14. The van der Waals surface area contributed by atoms with E-state index in [1.807, 2.05) is 19.2 Å². The average molecular weight is 175 g/mol. The van der Waals surface area contributed by atoms with Gasteiger partial charge in [-0.2, -0.15) is 0 Å². The van der Waals surface area contributed by atoms with Crippen molar-refractivity contribution < 1.29 is 4.42 Å². The van der Waals surface area contributed by atoms with Gasteiger partial charge in [0.25, 0.3) is 0 Å². The highest BCUT2D eigenvalue weighted by Gasteiger charge is 2.09. The van der Waals surface area contributed by atoms with Gasteiger partial charge >= 0.3 is 0 Å². The van der Waals surface area contributed by atoms with Gasteiger partial charge in [0, 0.05) is 11.6 Å². The third kappa shape index (κ3) is 1.22. The van der Waals surface area contributed by atoms with Crippen molar-refractivity contribution in [3.05, 3.63) is 29.8 Å². The number of aryl methyl sites for hydroxylation is 1. The van der Waals surface area contributed by atoms with E-state index >= 15 is 0 Å². The summed E-state index contributed by atoms with van der Waals surface area (Å²) >= 11 is 0. The Morgan fingerprint density at radius 1 is 1.38 bits per heavy atom. The molecular weight excluding hydrogens is 162 g/mol. The van der Waals surface area contributed by atoms with Crippen LogP contribution in [0.15, 0.2) is 22.9 Å². The summed E-state index contributed by atoms with van der Waals surface area (Å²) < 4.78 is 5.38. The van der Waals surface area contributed by atoms with Crippen LogP contribution in [0.1, 0.15) is 31.0 Å². The van der Waals surface area contributed by atoms with Crippen molar-refractivity contribution in [2.75, 3.05) is 0 Å². The summed E-state index contributed by atoms with van der Waals surface area (Å²) in [6.07, 6.45) is 3.67. The van der Waals surface area contributed by atoms with Gasteiger partial charge in [-0.25, -0.2) is 0 Å². The van der Waals surface area contributed by atoms with Crippen LogP contribution in [0.5, 0.6) is 0 Å². The third-order valence-electron chi connectivity index (χ3n) is 2.32. The Morgan fingerprint density at radius 3 is 2.85 bits per heavy atom. The summed E-state index contributed by atoms with van der Waals surface area (Å²) in [6, 6.07) is 2.01. The minimum absolute atomic E-state index is 0.494. The number of hydrogen-bond acceptors (Lipinski definition) is 2. The molecule has 0 aliphatic rings. The van der Waals surface area contributed by atoms with Crippen LogP contribution < -0.4 is 0 Å². The summed E-state index contributed by atoms with van der Waals surface area (Å²) in [4.78, 5) is 4.31. The van der Waals surface area contributed by atoms with Gasteiger partial charge in [-0.15, -0.1) is 0 Å². The van der Waals surface area contributed by atoms with E-state index in [0.29, 0.717) is 5.92 Å². The van der Waals surface area contributed by atoms with Gasteiger partial charge in [0.1, 0.15) is 0 Å². The van der Waals surface area contributed by atoms with E-state index in [9.17, 15) is 0 Å². The fourth-order valence-electron chi connectivity index (χ4n) is 1.57. The second-order valence-electron chi connectivity index (χ2n) is 3.62. The number of pyridine rings is 1. The van der Waals surface area contributed by atoms with E-state index in [1.54, 1.807) is 6.26 Å². The van der Waals surface area contributed by atoms with Crippen LogP contribution in [0.25, 0.3) is 11.0 Å². The molecule has 0 radical (unpaired) electrons. The lowest BCUT2D eigenvalue weighted by Gasteiger charge is -2.06. The molecule has 0 fully saturated rings. The summed E-state index contributed by atoms with van der Waals surface area (Å²) in [5.74, 6) is 0.494. The topological polar surface area (TPSA) is 26.0 Å². The molecule has 0 N–H and O–H groups in total. The van der Waals surface area contributed by atoms with Crippen molar-refractivity contribution in [3.8, 4) is 0 Å². The molecule has 2 nitrogen and oxygen atoms in total. The first-order valence-electron chi connectivity index (χ1n) is 4.53. The maximum atomic E-state index is 5.38. The van der Waals surface area contributed by atoms with Crippen LogP contribution >= 0.6 is 0 Å². The van der Waals surface area contributed by atoms with Crippen molar-refractivity contribution in [2.45, 2.75) is 26.7 Å². The van der Waals surface area contributed by atoms with Gasteiger partial charge in [0.15, 0.2) is 5.58 Å². The second-order valence-corrected chi connectivity index (χ2v) is 3.62. The van der Waals surface area contributed by atoms with Gasteiger partial charge in [-0.3, -0.25) is 4.98 Å². The summed E-state index contributed by atoms with van der Waals surface area (Å²) in [7, 11) is 0. The van der Waals surface area contributed by atoms with Crippen molar-refractivity contribution in [3.63, 3.8) is 0 Å². The molecule has 0 unspecified atom stereocenters. The molecule has 2 heterocycles. The van der Waals surface area contributed by atoms with Gasteiger partial charge in [0.05, 0.1) is 12.0 Å². The van der Waals surface area contributed by atoms with E-state index in [1.165, 1.54) is 10.9 Å². The first-order chi connectivity index (χ1) is 6.20. The number of furan rings is 1. The van der Waals surface area contributed by atoms with Gasteiger partial charge in [-0.05, 0) is 24.5 Å². The molecule has 0 atom stereocenters. The highest BCUT2D eigenvalue weighted by atomic mass is 16.3. The monoisotopic (exact) mass is 175 g/mol. The minimum atomic E-state index is 0.494. The zero-order valence-electron chi connectivity index (χ0n) is 8.16. The number of rotatable bonds is 1. The normalized spacial score (nSPS) is 11.4. The molecule has 0 saturated carbocycles. The van der Waals surface area contributed by atoms with Crippen molar-refractivity contribution >= 4 is 11.0 Å². The Kier molecular flexibility index (Phi) is 1.83. The second kappa shape index (κ2) is 2.87. The average Bonchev–Trinajstić information content (AvgIpc) is 2.53. The molecule has 2 aromatic rings. The molecule has 68 valence electrons. The Balaban J connectivity index is 2.78. The number of hydrogen-bond donors (Lipinski definition) is 0. The number of fused-ring (bicyclic) bond motifs is 1. The molecule has 0 bridgehead atoms. The van der Waals surface area contributed by atoms with E-state index in [-0.39, 0.29) is 0 Å². The molecule has 0 amide bonds. The van der Waals surface area contributed by atoms with Crippen molar-refractivity contribution in [1.29, 1.82) is 0 Å². The van der Waals surface area contributed by atoms with Crippen LogP contribution in [0.4, 0.5) is 0 Å². The molecule has 0 aromatic carbocycles. The smallest absolute Gasteiger partial charge is 0.155 e. The molecule has 0 aliphatic carbocycles. The van der Waals surface area contributed by atoms with Crippen LogP contribution in [-0.2, 0) is 0 Å². The first kappa shape index (κ1) is 8.30. The highest BCUT2D eigenvalue weighted by molar-refractivity contribution is 5.82. The lowest BCUT2D eigenvalue weighted by atomic mass is 10.0. The Hall–Kier alpha value is -1.31. The molecule has 0 aliphatic heterocycles. The van der Waals surface area contributed by atoms with Gasteiger partial charge < -0.3 is 4.42 Å². The zero-order valence-corrected chi connectivity index (χ0v) is 8.16. The first-order valence-corrected chi connectivity index (χ1v) is 4.53. The molecule has 0 saturated heterocycles. The van der Waals surface area contributed by atoms with Gasteiger partial charge in [-0.1, -0.05) is 13.8 Å². The predicted molar refractivity (Wildman–Crippen MR) is 52.8 cm³/mol.